The lowest BCUT2D eigenvalue weighted by Gasteiger charge is -2.11. The van der Waals surface area contributed by atoms with Crippen molar-refractivity contribution in [3.8, 4) is 5.75 Å². The number of rotatable bonds is 9. The molecular weight excluding hydrogens is 540 g/mol. The van der Waals surface area contributed by atoms with Gasteiger partial charge in [-0.1, -0.05) is 18.2 Å². The molecule has 12 heteroatoms. The Morgan fingerprint density at radius 3 is 2.64 bits per heavy atom. The third-order valence-corrected chi connectivity index (χ3v) is 8.80. The fourth-order valence-electron chi connectivity index (χ4n) is 4.58. The number of para-hydroxylation sites is 1. The number of hydrogen-bond acceptors (Lipinski definition) is 9. The van der Waals surface area contributed by atoms with E-state index in [1.54, 1.807) is 19.1 Å². The van der Waals surface area contributed by atoms with Gasteiger partial charge >= 0.3 is 5.97 Å². The average molecular weight is 567 g/mol. The Morgan fingerprint density at radius 2 is 1.87 bits per heavy atom. The Bertz CT molecular complexity index is 1620. The number of nitrogens with two attached hydrogens (primary N) is 1. The highest BCUT2D eigenvalue weighted by Crippen LogP contribution is 2.38. The van der Waals surface area contributed by atoms with Crippen LogP contribution >= 0.6 is 22.7 Å². The van der Waals surface area contributed by atoms with Crippen molar-refractivity contribution < 1.29 is 23.9 Å². The van der Waals surface area contributed by atoms with Gasteiger partial charge in [-0.25, -0.2) is 9.78 Å². The molecule has 0 atom stereocenters. The van der Waals surface area contributed by atoms with E-state index in [4.69, 9.17) is 15.2 Å². The molecule has 3 aromatic heterocycles. The standard InChI is InChI=1S/C27H26N4O6S2/c1-15-20-24(39-22(15)27(35)37-12-11-36-16-7-3-2-4-8-16)29-14-31(26(20)34)13-19(32)30-25-21(23(28)33)17-9-5-6-10-18(17)38-25/h2-4,7-8,14H,5-6,9-13H2,1H3,(H2,28,33)(H,30,32). The molecule has 2 amide bonds. The summed E-state index contributed by atoms with van der Waals surface area (Å²) in [5, 5.41) is 3.43. The lowest BCUT2D eigenvalue weighted by Crippen LogP contribution is -2.28. The van der Waals surface area contributed by atoms with Gasteiger partial charge in [-0.15, -0.1) is 22.7 Å². The highest BCUT2D eigenvalue weighted by Gasteiger charge is 2.26. The smallest absolute Gasteiger partial charge is 0.348 e. The predicted molar refractivity (Wildman–Crippen MR) is 149 cm³/mol. The number of esters is 1. The Hall–Kier alpha value is -4.03. The number of primary amides is 1. The minimum atomic E-state index is -0.579. The number of benzene rings is 1. The SMILES string of the molecule is Cc1c(C(=O)OCCOc2ccccc2)sc2ncn(CC(=O)Nc3sc4c(c3C(N)=O)CCCC4)c(=O)c12. The number of aryl methyl sites for hydroxylation is 2. The Labute approximate surface area is 231 Å². The summed E-state index contributed by atoms with van der Waals surface area (Å²) in [6.45, 7) is 1.57. The van der Waals surface area contributed by atoms with Crippen LogP contribution in [0.5, 0.6) is 5.75 Å². The molecule has 0 radical (unpaired) electrons. The number of nitrogens with one attached hydrogen (secondary N) is 1. The van der Waals surface area contributed by atoms with Gasteiger partial charge in [-0.3, -0.25) is 19.0 Å². The van der Waals surface area contributed by atoms with Gasteiger partial charge in [-0.2, -0.15) is 0 Å². The van der Waals surface area contributed by atoms with Crippen LogP contribution in [0.25, 0.3) is 10.2 Å². The molecule has 202 valence electrons. The van der Waals surface area contributed by atoms with Gasteiger partial charge in [0.25, 0.3) is 11.5 Å². The van der Waals surface area contributed by atoms with Crippen LogP contribution in [0.3, 0.4) is 0 Å². The van der Waals surface area contributed by atoms with Crippen LogP contribution in [0.1, 0.15) is 48.9 Å². The first-order valence-electron chi connectivity index (χ1n) is 12.4. The highest BCUT2D eigenvalue weighted by atomic mass is 32.1. The molecule has 3 N–H and O–H groups in total. The van der Waals surface area contributed by atoms with Gasteiger partial charge in [0.15, 0.2) is 0 Å². The van der Waals surface area contributed by atoms with Gasteiger partial charge < -0.3 is 20.5 Å². The third-order valence-electron chi connectivity index (χ3n) is 6.42. The molecule has 1 aliphatic rings. The van der Waals surface area contributed by atoms with Crippen LogP contribution < -0.4 is 21.3 Å². The van der Waals surface area contributed by atoms with Crippen molar-refractivity contribution in [1.82, 2.24) is 9.55 Å². The Morgan fingerprint density at radius 1 is 1.10 bits per heavy atom. The molecule has 0 bridgehead atoms. The van der Waals surface area contributed by atoms with Gasteiger partial charge in [0.1, 0.15) is 40.2 Å². The molecule has 1 aromatic carbocycles. The second kappa shape index (κ2) is 11.4. The summed E-state index contributed by atoms with van der Waals surface area (Å²) in [6, 6.07) is 9.18. The second-order valence-electron chi connectivity index (χ2n) is 9.04. The van der Waals surface area contributed by atoms with E-state index >= 15 is 0 Å². The van der Waals surface area contributed by atoms with Crippen molar-refractivity contribution in [3.05, 3.63) is 73.5 Å². The van der Waals surface area contributed by atoms with Crippen molar-refractivity contribution in [1.29, 1.82) is 0 Å². The van der Waals surface area contributed by atoms with Crippen LogP contribution in [0.15, 0.2) is 41.5 Å². The molecule has 0 saturated heterocycles. The van der Waals surface area contributed by atoms with Crippen LogP contribution in [-0.4, -0.2) is 40.5 Å². The number of anilines is 1. The van der Waals surface area contributed by atoms with Crippen molar-refractivity contribution in [2.75, 3.05) is 18.5 Å². The number of fused-ring (bicyclic) bond motifs is 2. The first-order chi connectivity index (χ1) is 18.8. The fraction of sp³-hybridized carbons (Fsp3) is 0.296. The van der Waals surface area contributed by atoms with Crippen molar-refractivity contribution in [2.24, 2.45) is 5.73 Å². The van der Waals surface area contributed by atoms with Crippen LogP contribution in [0.4, 0.5) is 5.00 Å². The van der Waals surface area contributed by atoms with Gasteiger partial charge in [0.2, 0.25) is 5.91 Å². The lowest BCUT2D eigenvalue weighted by atomic mass is 9.95. The first kappa shape index (κ1) is 26.6. The quantitative estimate of drug-likeness (QED) is 0.232. The van der Waals surface area contributed by atoms with E-state index in [2.05, 4.69) is 10.3 Å². The van der Waals surface area contributed by atoms with Crippen LogP contribution in [0.2, 0.25) is 0 Å². The number of thiophene rings is 2. The summed E-state index contributed by atoms with van der Waals surface area (Å²) in [5.41, 5.74) is 6.88. The minimum absolute atomic E-state index is 0.0404. The van der Waals surface area contributed by atoms with Gasteiger partial charge in [0.05, 0.1) is 17.3 Å². The third kappa shape index (κ3) is 5.57. The van der Waals surface area contributed by atoms with Crippen LogP contribution in [-0.2, 0) is 28.9 Å². The number of hydrogen-bond donors (Lipinski definition) is 2. The maximum atomic E-state index is 13.2. The molecule has 39 heavy (non-hydrogen) atoms. The minimum Gasteiger partial charge on any atom is -0.490 e. The molecule has 0 aliphatic heterocycles. The van der Waals surface area contributed by atoms with Crippen LogP contribution in [0, 0.1) is 6.92 Å². The summed E-state index contributed by atoms with van der Waals surface area (Å²) in [7, 11) is 0. The number of carbonyl (C=O) groups excluding carboxylic acids is 3. The first-order valence-corrected chi connectivity index (χ1v) is 14.0. The normalized spacial score (nSPS) is 12.6. The monoisotopic (exact) mass is 566 g/mol. The highest BCUT2D eigenvalue weighted by molar-refractivity contribution is 7.20. The molecule has 4 aromatic rings. The maximum absolute atomic E-state index is 13.2. The number of nitrogens with zero attached hydrogens (tertiary/aromatic N) is 2. The van der Waals surface area contributed by atoms with Gasteiger partial charge in [-0.05, 0) is 55.9 Å². The molecule has 3 heterocycles. The van der Waals surface area contributed by atoms with E-state index in [9.17, 15) is 19.2 Å². The van der Waals surface area contributed by atoms with Crippen molar-refractivity contribution in [3.63, 3.8) is 0 Å². The van der Waals surface area contributed by atoms with Gasteiger partial charge in [0, 0.05) is 4.88 Å². The van der Waals surface area contributed by atoms with E-state index in [0.29, 0.717) is 26.7 Å². The summed E-state index contributed by atoms with van der Waals surface area (Å²) in [6.07, 6.45) is 4.87. The van der Waals surface area contributed by atoms with Crippen molar-refractivity contribution >= 4 is 55.7 Å². The van der Waals surface area contributed by atoms with E-state index in [1.807, 2.05) is 18.2 Å². The average Bonchev–Trinajstić information content (AvgIpc) is 3.46. The van der Waals surface area contributed by atoms with E-state index < -0.39 is 23.3 Å². The summed E-state index contributed by atoms with van der Waals surface area (Å²) in [5.74, 6) is -0.961. The molecule has 0 spiro atoms. The summed E-state index contributed by atoms with van der Waals surface area (Å²) < 4.78 is 12.1. The van der Waals surface area contributed by atoms with E-state index in [1.165, 1.54) is 22.2 Å². The lowest BCUT2D eigenvalue weighted by molar-refractivity contribution is -0.116. The molecule has 0 fully saturated rings. The van der Waals surface area contributed by atoms with Crippen molar-refractivity contribution in [2.45, 2.75) is 39.2 Å². The largest absolute Gasteiger partial charge is 0.490 e. The fourth-order valence-corrected chi connectivity index (χ4v) is 6.92. The topological polar surface area (TPSA) is 143 Å². The zero-order chi connectivity index (χ0) is 27.5. The molecule has 5 rings (SSSR count). The number of amides is 2. The Balaban J connectivity index is 1.28. The molecule has 0 saturated carbocycles. The zero-order valence-corrected chi connectivity index (χ0v) is 22.8. The zero-order valence-electron chi connectivity index (χ0n) is 21.2. The van der Waals surface area contributed by atoms with E-state index in [-0.39, 0.29) is 30.0 Å². The molecule has 10 nitrogen and oxygen atoms in total. The number of aromatic nitrogens is 2. The predicted octanol–water partition coefficient (Wildman–Crippen LogP) is 3.68. The Kier molecular flexibility index (Phi) is 7.75. The van der Waals surface area contributed by atoms with E-state index in [0.717, 1.165) is 47.5 Å². The summed E-state index contributed by atoms with van der Waals surface area (Å²) >= 11 is 2.42. The second-order valence-corrected chi connectivity index (χ2v) is 11.1. The molecule has 0 unspecified atom stereocenters. The number of ether oxygens (including phenoxy) is 2. The molecule has 1 aliphatic carbocycles. The maximum Gasteiger partial charge on any atom is 0.348 e. The number of carbonyl (C=O) groups is 3. The molecular formula is C27H26N4O6S2. The summed E-state index contributed by atoms with van der Waals surface area (Å²) in [4.78, 5) is 56.9.